The van der Waals surface area contributed by atoms with Gasteiger partial charge in [0.25, 0.3) is 6.71 Å². The highest BCUT2D eigenvalue weighted by Crippen LogP contribution is 2.69. The van der Waals surface area contributed by atoms with Crippen LogP contribution in [0.15, 0.2) is 103 Å². The van der Waals surface area contributed by atoms with Crippen molar-refractivity contribution in [2.24, 2.45) is 23.7 Å². The standard InChI is InChI=1S/C44H41BN2/c1-3-27-10-7-11-33(25-27)46-39-16-9-17-40-42(39)45(36-19-18-28(4-2)26-41(36)46)37-14-8-13-35-43(37)47(40)38-15-6-5-12-34(38)44(35)31-21-29-20-30(23-31)24-32(44)22-29/h5-19,25-26,29-32H,3-4,20-24H2,1-2H3. The summed E-state index contributed by atoms with van der Waals surface area (Å²) in [7, 11) is 0. The predicted octanol–water partition coefficient (Wildman–Crippen LogP) is 8.95. The van der Waals surface area contributed by atoms with Gasteiger partial charge in [-0.1, -0.05) is 80.6 Å². The first-order valence-corrected chi connectivity index (χ1v) is 18.4. The Kier molecular flexibility index (Phi) is 5.38. The number of fused-ring (bicyclic) bond motifs is 6. The molecule has 3 aliphatic heterocycles. The largest absolute Gasteiger partial charge is 0.311 e. The lowest BCUT2D eigenvalue weighted by Gasteiger charge is -2.64. The highest BCUT2D eigenvalue weighted by atomic mass is 15.2. The van der Waals surface area contributed by atoms with Crippen molar-refractivity contribution < 1.29 is 0 Å². The molecule has 3 heteroatoms. The third kappa shape index (κ3) is 3.29. The summed E-state index contributed by atoms with van der Waals surface area (Å²) in [5.74, 6) is 3.36. The molecule has 0 unspecified atom stereocenters. The van der Waals surface area contributed by atoms with Gasteiger partial charge in [-0.3, -0.25) is 0 Å². The molecule has 4 bridgehead atoms. The van der Waals surface area contributed by atoms with Gasteiger partial charge in [0, 0.05) is 33.9 Å². The number of anilines is 6. The average Bonchev–Trinajstić information content (AvgIpc) is 3.11. The SMILES string of the molecule is CCc1cccc(N2c3cc(CC)ccc3B3c4cccc5c4N(c4ccccc4C54C5CC6CC(C5)CC4C6)c4cccc2c43)c1. The molecule has 0 radical (unpaired) electrons. The zero-order valence-corrected chi connectivity index (χ0v) is 27.5. The van der Waals surface area contributed by atoms with E-state index in [0.717, 1.165) is 36.5 Å². The number of benzene rings is 5. The van der Waals surface area contributed by atoms with Gasteiger partial charge in [-0.2, -0.15) is 0 Å². The van der Waals surface area contributed by atoms with E-state index in [1.165, 1.54) is 93.7 Å². The summed E-state index contributed by atoms with van der Waals surface area (Å²) in [5.41, 5.74) is 18.7. The number of para-hydroxylation sites is 2. The molecular formula is C44H41BN2. The van der Waals surface area contributed by atoms with Crippen LogP contribution in [0.25, 0.3) is 0 Å². The van der Waals surface area contributed by atoms with E-state index < -0.39 is 0 Å². The lowest BCUT2D eigenvalue weighted by molar-refractivity contribution is -0.0419. The molecule has 230 valence electrons. The number of hydrogen-bond acceptors (Lipinski definition) is 2. The lowest BCUT2D eigenvalue weighted by atomic mass is 9.32. The first-order valence-electron chi connectivity index (χ1n) is 18.4. The van der Waals surface area contributed by atoms with Crippen molar-refractivity contribution in [1.29, 1.82) is 0 Å². The molecule has 0 aromatic heterocycles. The molecule has 0 saturated heterocycles. The summed E-state index contributed by atoms with van der Waals surface area (Å²) in [6, 6.07) is 40.8. The fraction of sp³-hybridized carbons (Fsp3) is 0.318. The molecular weight excluding hydrogens is 567 g/mol. The Hall–Kier alpha value is -4.24. The second kappa shape index (κ2) is 9.44. The molecule has 1 spiro atoms. The highest BCUT2D eigenvalue weighted by molar-refractivity contribution is 7.00. The quantitative estimate of drug-likeness (QED) is 0.185. The Bertz CT molecular complexity index is 2100. The fourth-order valence-corrected chi connectivity index (χ4v) is 12.0. The van der Waals surface area contributed by atoms with Crippen molar-refractivity contribution in [2.75, 3.05) is 9.80 Å². The van der Waals surface area contributed by atoms with Crippen LogP contribution in [0.5, 0.6) is 0 Å². The summed E-state index contributed by atoms with van der Waals surface area (Å²) in [4.78, 5) is 5.28. The van der Waals surface area contributed by atoms with Gasteiger partial charge in [-0.05, 0) is 144 Å². The number of hydrogen-bond donors (Lipinski definition) is 0. The molecule has 5 aromatic carbocycles. The third-order valence-corrected chi connectivity index (χ3v) is 13.5. The topological polar surface area (TPSA) is 6.48 Å². The first kappa shape index (κ1) is 26.8. The van der Waals surface area contributed by atoms with Crippen LogP contribution in [0.1, 0.15) is 68.2 Å². The molecule has 4 fully saturated rings. The summed E-state index contributed by atoms with van der Waals surface area (Å²) in [6.07, 6.45) is 9.17. The van der Waals surface area contributed by atoms with E-state index in [4.69, 9.17) is 0 Å². The summed E-state index contributed by atoms with van der Waals surface area (Å²) < 4.78 is 0. The molecule has 47 heavy (non-hydrogen) atoms. The number of aryl methyl sites for hydroxylation is 2. The molecule has 12 rings (SSSR count). The molecule has 5 aromatic rings. The van der Waals surface area contributed by atoms with E-state index in [9.17, 15) is 0 Å². The second-order valence-corrected chi connectivity index (χ2v) is 15.5. The minimum Gasteiger partial charge on any atom is -0.311 e. The van der Waals surface area contributed by atoms with E-state index >= 15 is 0 Å². The zero-order valence-electron chi connectivity index (χ0n) is 27.5. The Labute approximate surface area is 279 Å². The maximum absolute atomic E-state index is 2.71. The molecule has 4 aliphatic carbocycles. The van der Waals surface area contributed by atoms with Crippen molar-refractivity contribution in [3.05, 3.63) is 125 Å². The number of nitrogens with zero attached hydrogens (tertiary/aromatic N) is 2. The average molecular weight is 609 g/mol. The molecule has 2 nitrogen and oxygen atoms in total. The van der Waals surface area contributed by atoms with Crippen LogP contribution in [0.4, 0.5) is 34.1 Å². The Morgan fingerprint density at radius 1 is 0.574 bits per heavy atom. The molecule has 7 aliphatic rings. The van der Waals surface area contributed by atoms with Crippen molar-refractivity contribution in [3.8, 4) is 0 Å². The van der Waals surface area contributed by atoms with Gasteiger partial charge in [0.05, 0.1) is 5.69 Å². The molecule has 4 saturated carbocycles. The van der Waals surface area contributed by atoms with Crippen molar-refractivity contribution >= 4 is 57.2 Å². The van der Waals surface area contributed by atoms with Gasteiger partial charge in [0.15, 0.2) is 0 Å². The van der Waals surface area contributed by atoms with Crippen molar-refractivity contribution in [3.63, 3.8) is 0 Å². The molecule has 0 atom stereocenters. The molecule has 0 N–H and O–H groups in total. The maximum atomic E-state index is 2.71. The first-order chi connectivity index (χ1) is 23.2. The van der Waals surface area contributed by atoms with Gasteiger partial charge < -0.3 is 9.80 Å². The minimum atomic E-state index is 0.122. The van der Waals surface area contributed by atoms with Crippen LogP contribution >= 0.6 is 0 Å². The smallest absolute Gasteiger partial charge is 0.252 e. The van der Waals surface area contributed by atoms with Crippen molar-refractivity contribution in [2.45, 2.75) is 64.2 Å². The normalized spacial score (nSPS) is 26.6. The van der Waals surface area contributed by atoms with Gasteiger partial charge in [0.1, 0.15) is 0 Å². The zero-order chi connectivity index (χ0) is 31.0. The van der Waals surface area contributed by atoms with Crippen molar-refractivity contribution in [1.82, 2.24) is 0 Å². The number of rotatable bonds is 3. The van der Waals surface area contributed by atoms with Gasteiger partial charge in [0.2, 0.25) is 0 Å². The lowest BCUT2D eigenvalue weighted by Crippen LogP contribution is -2.64. The maximum Gasteiger partial charge on any atom is 0.252 e. The summed E-state index contributed by atoms with van der Waals surface area (Å²) in [6.45, 7) is 4.75. The fourth-order valence-electron chi connectivity index (χ4n) is 12.0. The van der Waals surface area contributed by atoms with Gasteiger partial charge >= 0.3 is 0 Å². The van der Waals surface area contributed by atoms with Crippen LogP contribution in [0, 0.1) is 23.7 Å². The van der Waals surface area contributed by atoms with Crippen LogP contribution in [0.2, 0.25) is 0 Å². The summed E-state index contributed by atoms with van der Waals surface area (Å²) in [5, 5.41) is 0. The monoisotopic (exact) mass is 608 g/mol. The van der Waals surface area contributed by atoms with E-state index in [1.807, 2.05) is 0 Å². The summed E-state index contributed by atoms with van der Waals surface area (Å²) >= 11 is 0. The second-order valence-electron chi connectivity index (χ2n) is 15.5. The minimum absolute atomic E-state index is 0.122. The van der Waals surface area contributed by atoms with Crippen LogP contribution in [0.3, 0.4) is 0 Å². The van der Waals surface area contributed by atoms with Gasteiger partial charge in [-0.15, -0.1) is 0 Å². The molecule has 3 heterocycles. The third-order valence-electron chi connectivity index (χ3n) is 13.5. The van der Waals surface area contributed by atoms with E-state index in [-0.39, 0.29) is 12.1 Å². The van der Waals surface area contributed by atoms with Gasteiger partial charge in [-0.25, -0.2) is 0 Å². The predicted molar refractivity (Wildman–Crippen MR) is 197 cm³/mol. The Morgan fingerprint density at radius 3 is 2.02 bits per heavy atom. The molecule has 0 amide bonds. The van der Waals surface area contributed by atoms with E-state index in [2.05, 4.69) is 127 Å². The Morgan fingerprint density at radius 2 is 1.23 bits per heavy atom. The highest BCUT2D eigenvalue weighted by Gasteiger charge is 2.62. The van der Waals surface area contributed by atoms with Crippen LogP contribution < -0.4 is 26.2 Å². The van der Waals surface area contributed by atoms with Crippen LogP contribution in [-0.2, 0) is 18.3 Å². The van der Waals surface area contributed by atoms with E-state index in [0.29, 0.717) is 0 Å². The Balaban J connectivity index is 1.22. The van der Waals surface area contributed by atoms with Crippen LogP contribution in [-0.4, -0.2) is 6.71 Å². The van der Waals surface area contributed by atoms with E-state index in [1.54, 1.807) is 11.1 Å².